The highest BCUT2D eigenvalue weighted by Crippen LogP contribution is 2.35. The summed E-state index contributed by atoms with van der Waals surface area (Å²) in [6, 6.07) is 19.5. The molecule has 21 heavy (non-hydrogen) atoms. The summed E-state index contributed by atoms with van der Waals surface area (Å²) in [7, 11) is 0. The first-order valence-corrected chi connectivity index (χ1v) is 8.03. The molecule has 0 saturated carbocycles. The number of fused-ring (bicyclic) bond motifs is 3. The first-order valence-electron chi connectivity index (χ1n) is 7.22. The fourth-order valence-electron chi connectivity index (χ4n) is 2.70. The van der Waals surface area contributed by atoms with Crippen molar-refractivity contribution in [1.82, 2.24) is 4.98 Å². The minimum absolute atomic E-state index is 1.05. The molecule has 0 atom stereocenters. The van der Waals surface area contributed by atoms with Crippen LogP contribution >= 0.6 is 11.3 Å². The normalized spacial score (nSPS) is 11.3. The first kappa shape index (κ1) is 12.5. The molecule has 0 aliphatic heterocycles. The Labute approximate surface area is 127 Å². The Morgan fingerprint density at radius 1 is 0.905 bits per heavy atom. The van der Waals surface area contributed by atoms with E-state index in [9.17, 15) is 0 Å². The van der Waals surface area contributed by atoms with Crippen LogP contribution in [0, 0.1) is 0 Å². The molecular formula is C19H15NS. The van der Waals surface area contributed by atoms with E-state index < -0.39 is 0 Å². The van der Waals surface area contributed by atoms with Crippen LogP contribution in [-0.2, 0) is 6.42 Å². The second kappa shape index (κ2) is 4.97. The van der Waals surface area contributed by atoms with E-state index in [1.165, 1.54) is 31.3 Å². The lowest BCUT2D eigenvalue weighted by Gasteiger charge is -2.03. The highest BCUT2D eigenvalue weighted by molar-refractivity contribution is 7.25. The zero-order valence-corrected chi connectivity index (χ0v) is 12.7. The molecule has 4 aromatic rings. The van der Waals surface area contributed by atoms with Gasteiger partial charge in [0.15, 0.2) is 0 Å². The molecule has 2 aromatic carbocycles. The molecule has 2 aromatic heterocycles. The fraction of sp³-hybridized carbons (Fsp3) is 0.105. The zero-order valence-electron chi connectivity index (χ0n) is 11.8. The molecule has 0 aliphatic rings. The SMILES string of the molecule is CCc1ccc(-c2cc3c(cn2)sc2ccccc23)cc1. The Morgan fingerprint density at radius 3 is 2.52 bits per heavy atom. The average molecular weight is 289 g/mol. The lowest BCUT2D eigenvalue weighted by atomic mass is 10.1. The van der Waals surface area contributed by atoms with E-state index in [0.29, 0.717) is 0 Å². The van der Waals surface area contributed by atoms with Gasteiger partial charge in [0.25, 0.3) is 0 Å². The highest BCUT2D eigenvalue weighted by Gasteiger charge is 2.07. The molecular weight excluding hydrogens is 274 g/mol. The summed E-state index contributed by atoms with van der Waals surface area (Å²) in [4.78, 5) is 4.64. The number of hydrogen-bond acceptors (Lipinski definition) is 2. The number of benzene rings is 2. The summed E-state index contributed by atoms with van der Waals surface area (Å²) in [5.41, 5.74) is 3.60. The van der Waals surface area contributed by atoms with Crippen molar-refractivity contribution in [2.75, 3.05) is 0 Å². The van der Waals surface area contributed by atoms with Gasteiger partial charge >= 0.3 is 0 Å². The van der Waals surface area contributed by atoms with Crippen molar-refractivity contribution in [2.45, 2.75) is 13.3 Å². The number of aromatic nitrogens is 1. The molecule has 0 saturated heterocycles. The van der Waals surface area contributed by atoms with Gasteiger partial charge in [0.05, 0.1) is 10.4 Å². The molecule has 0 spiro atoms. The van der Waals surface area contributed by atoms with Crippen LogP contribution in [0.3, 0.4) is 0 Å². The number of nitrogens with zero attached hydrogens (tertiary/aromatic N) is 1. The van der Waals surface area contributed by atoms with Gasteiger partial charge in [-0.1, -0.05) is 49.4 Å². The van der Waals surface area contributed by atoms with Crippen molar-refractivity contribution < 1.29 is 0 Å². The molecule has 0 aliphatic carbocycles. The summed E-state index contributed by atoms with van der Waals surface area (Å²) in [5.74, 6) is 0. The van der Waals surface area contributed by atoms with E-state index in [1.54, 1.807) is 0 Å². The largest absolute Gasteiger partial charge is 0.255 e. The van der Waals surface area contributed by atoms with Crippen molar-refractivity contribution in [2.24, 2.45) is 0 Å². The van der Waals surface area contributed by atoms with Crippen LogP contribution in [0.4, 0.5) is 0 Å². The molecule has 0 bridgehead atoms. The minimum Gasteiger partial charge on any atom is -0.255 e. The van der Waals surface area contributed by atoms with Gasteiger partial charge in [-0.15, -0.1) is 11.3 Å². The number of hydrogen-bond donors (Lipinski definition) is 0. The fourth-order valence-corrected chi connectivity index (χ4v) is 3.76. The second-order valence-corrected chi connectivity index (χ2v) is 6.30. The number of rotatable bonds is 2. The average Bonchev–Trinajstić information content (AvgIpc) is 2.93. The van der Waals surface area contributed by atoms with E-state index in [4.69, 9.17) is 0 Å². The maximum absolute atomic E-state index is 4.64. The maximum atomic E-state index is 4.64. The molecule has 2 heterocycles. The Bertz CT molecular complexity index is 919. The third-order valence-corrected chi connectivity index (χ3v) is 5.04. The van der Waals surface area contributed by atoms with E-state index in [-0.39, 0.29) is 0 Å². The molecule has 0 unspecified atom stereocenters. The zero-order chi connectivity index (χ0) is 14.2. The van der Waals surface area contributed by atoms with Crippen molar-refractivity contribution >= 4 is 31.5 Å². The predicted molar refractivity (Wildman–Crippen MR) is 91.9 cm³/mol. The molecule has 0 radical (unpaired) electrons. The lowest BCUT2D eigenvalue weighted by Crippen LogP contribution is -1.84. The molecule has 1 nitrogen and oxygen atoms in total. The van der Waals surface area contributed by atoms with E-state index >= 15 is 0 Å². The number of pyridine rings is 1. The molecule has 0 amide bonds. The van der Waals surface area contributed by atoms with Crippen LogP contribution in [0.5, 0.6) is 0 Å². The standard InChI is InChI=1S/C19H15NS/c1-2-13-7-9-14(10-8-13)17-11-16-15-5-3-4-6-18(15)21-19(16)12-20-17/h3-12H,2H2,1H3. The van der Waals surface area contributed by atoms with Gasteiger partial charge in [0.1, 0.15) is 0 Å². The van der Waals surface area contributed by atoms with Crippen LogP contribution < -0.4 is 0 Å². The topological polar surface area (TPSA) is 12.9 Å². The van der Waals surface area contributed by atoms with E-state index in [2.05, 4.69) is 66.5 Å². The van der Waals surface area contributed by atoms with Crippen LogP contribution in [0.2, 0.25) is 0 Å². The minimum atomic E-state index is 1.05. The van der Waals surface area contributed by atoms with Crippen LogP contribution in [-0.4, -0.2) is 4.98 Å². The molecule has 0 fully saturated rings. The summed E-state index contributed by atoms with van der Waals surface area (Å²) >= 11 is 1.81. The van der Waals surface area contributed by atoms with Gasteiger partial charge in [0, 0.05) is 27.2 Å². The van der Waals surface area contributed by atoms with Crippen LogP contribution in [0.1, 0.15) is 12.5 Å². The van der Waals surface area contributed by atoms with Crippen molar-refractivity contribution in [3.05, 3.63) is 66.4 Å². The smallest absolute Gasteiger partial charge is 0.0709 e. The number of thiophene rings is 1. The van der Waals surface area contributed by atoms with Gasteiger partial charge in [-0.25, -0.2) is 0 Å². The van der Waals surface area contributed by atoms with Gasteiger partial charge < -0.3 is 0 Å². The maximum Gasteiger partial charge on any atom is 0.0709 e. The quantitative estimate of drug-likeness (QED) is 0.462. The Balaban J connectivity index is 1.90. The van der Waals surface area contributed by atoms with Gasteiger partial charge in [-0.3, -0.25) is 4.98 Å². The summed E-state index contributed by atoms with van der Waals surface area (Å²) in [6.07, 6.45) is 3.07. The Kier molecular flexibility index (Phi) is 2.97. The monoisotopic (exact) mass is 289 g/mol. The number of aryl methyl sites for hydroxylation is 1. The van der Waals surface area contributed by atoms with E-state index in [1.807, 2.05) is 17.5 Å². The van der Waals surface area contributed by atoms with Crippen molar-refractivity contribution in [1.29, 1.82) is 0 Å². The third-order valence-electron chi connectivity index (χ3n) is 3.92. The van der Waals surface area contributed by atoms with Crippen molar-refractivity contribution in [3.63, 3.8) is 0 Å². The summed E-state index contributed by atoms with van der Waals surface area (Å²) < 4.78 is 2.58. The molecule has 2 heteroatoms. The molecule has 0 N–H and O–H groups in total. The van der Waals surface area contributed by atoms with Crippen LogP contribution in [0.25, 0.3) is 31.4 Å². The second-order valence-electron chi connectivity index (χ2n) is 5.21. The summed E-state index contributed by atoms with van der Waals surface area (Å²) in [6.45, 7) is 2.18. The molecule has 4 rings (SSSR count). The van der Waals surface area contributed by atoms with Gasteiger partial charge in [0.2, 0.25) is 0 Å². The Hall–Kier alpha value is -2.19. The van der Waals surface area contributed by atoms with Crippen LogP contribution in [0.15, 0.2) is 60.8 Å². The lowest BCUT2D eigenvalue weighted by molar-refractivity contribution is 1.14. The van der Waals surface area contributed by atoms with Gasteiger partial charge in [-0.2, -0.15) is 0 Å². The van der Waals surface area contributed by atoms with E-state index in [0.717, 1.165) is 12.1 Å². The first-order chi connectivity index (χ1) is 10.3. The van der Waals surface area contributed by atoms with Crippen molar-refractivity contribution in [3.8, 4) is 11.3 Å². The molecule has 102 valence electrons. The summed E-state index contributed by atoms with van der Waals surface area (Å²) in [5, 5.41) is 2.63. The predicted octanol–water partition coefficient (Wildman–Crippen LogP) is 5.68. The van der Waals surface area contributed by atoms with Gasteiger partial charge in [-0.05, 0) is 24.1 Å². The highest BCUT2D eigenvalue weighted by atomic mass is 32.1. The third kappa shape index (κ3) is 2.12. The Morgan fingerprint density at radius 2 is 1.71 bits per heavy atom.